The molecule has 1 aliphatic heterocycles. The highest BCUT2D eigenvalue weighted by Crippen LogP contribution is 2.27. The lowest BCUT2D eigenvalue weighted by Crippen LogP contribution is -2.39. The summed E-state index contributed by atoms with van der Waals surface area (Å²) in [5, 5.41) is 0. The Bertz CT molecular complexity index is 453. The van der Waals surface area contributed by atoms with Gasteiger partial charge >= 0.3 is 0 Å². The van der Waals surface area contributed by atoms with E-state index < -0.39 is 0 Å². The van der Waals surface area contributed by atoms with Crippen molar-refractivity contribution in [2.24, 2.45) is 11.8 Å². The van der Waals surface area contributed by atoms with Crippen molar-refractivity contribution in [1.29, 1.82) is 0 Å². The van der Waals surface area contributed by atoms with Crippen LogP contribution in [0.4, 0.5) is 0 Å². The zero-order chi connectivity index (χ0) is 15.9. The number of rotatable bonds is 7. The van der Waals surface area contributed by atoms with Gasteiger partial charge in [-0.1, -0.05) is 13.0 Å². The van der Waals surface area contributed by atoms with Gasteiger partial charge in [-0.2, -0.15) is 0 Å². The number of nitrogens with zero attached hydrogens (tertiary/aromatic N) is 2. The average molecular weight is 304 g/mol. The maximum absolute atomic E-state index is 12.5. The van der Waals surface area contributed by atoms with E-state index in [4.69, 9.17) is 4.74 Å². The summed E-state index contributed by atoms with van der Waals surface area (Å²) >= 11 is 0. The number of pyridine rings is 1. The van der Waals surface area contributed by atoms with Gasteiger partial charge in [0.1, 0.15) is 5.69 Å². The van der Waals surface area contributed by atoms with E-state index in [9.17, 15) is 4.79 Å². The molecule has 1 atom stereocenters. The Kier molecular flexibility index (Phi) is 6.52. The first-order valence-electron chi connectivity index (χ1n) is 8.37. The number of piperidine rings is 1. The number of ketones is 1. The predicted octanol–water partition coefficient (Wildman–Crippen LogP) is 3.04. The fourth-order valence-corrected chi connectivity index (χ4v) is 3.05. The molecule has 22 heavy (non-hydrogen) atoms. The molecule has 0 amide bonds. The van der Waals surface area contributed by atoms with E-state index in [2.05, 4.69) is 30.7 Å². The van der Waals surface area contributed by atoms with E-state index >= 15 is 0 Å². The van der Waals surface area contributed by atoms with Crippen molar-refractivity contribution in [1.82, 2.24) is 9.88 Å². The lowest BCUT2D eigenvalue weighted by Gasteiger charge is -2.34. The van der Waals surface area contributed by atoms with Gasteiger partial charge in [0, 0.05) is 18.7 Å². The van der Waals surface area contributed by atoms with Crippen LogP contribution in [0.5, 0.6) is 0 Å². The van der Waals surface area contributed by atoms with Crippen molar-refractivity contribution in [3.8, 4) is 0 Å². The third-order valence-corrected chi connectivity index (χ3v) is 4.53. The molecule has 1 aliphatic rings. The summed E-state index contributed by atoms with van der Waals surface area (Å²) in [4.78, 5) is 19.1. The molecule has 4 heteroatoms. The quantitative estimate of drug-likeness (QED) is 0.726. The van der Waals surface area contributed by atoms with E-state index in [-0.39, 0.29) is 11.7 Å². The largest absolute Gasteiger partial charge is 0.377 e. The monoisotopic (exact) mass is 304 g/mol. The van der Waals surface area contributed by atoms with Crippen LogP contribution in [-0.4, -0.2) is 48.0 Å². The molecule has 122 valence electrons. The highest BCUT2D eigenvalue weighted by molar-refractivity contribution is 5.95. The second kappa shape index (κ2) is 8.39. The molecule has 0 aromatic carbocycles. The predicted molar refractivity (Wildman–Crippen MR) is 88.0 cm³/mol. The molecule has 0 saturated carbocycles. The van der Waals surface area contributed by atoms with Gasteiger partial charge in [0.2, 0.25) is 0 Å². The fraction of sp³-hybridized carbons (Fsp3) is 0.667. The molecule has 2 rings (SSSR count). The maximum atomic E-state index is 12.5. The van der Waals surface area contributed by atoms with Gasteiger partial charge in [-0.3, -0.25) is 9.78 Å². The average Bonchev–Trinajstić information content (AvgIpc) is 2.54. The number of hydrogen-bond donors (Lipinski definition) is 0. The molecule has 0 N–H and O–H groups in total. The van der Waals surface area contributed by atoms with Crippen molar-refractivity contribution in [2.45, 2.75) is 39.7 Å². The first-order chi connectivity index (χ1) is 10.6. The van der Waals surface area contributed by atoms with Crippen LogP contribution in [0.2, 0.25) is 0 Å². The zero-order valence-corrected chi connectivity index (χ0v) is 14.0. The number of ether oxygens (including phenoxy) is 1. The third-order valence-electron chi connectivity index (χ3n) is 4.53. The number of carbonyl (C=O) groups excluding carboxylic acids is 1. The molecule has 2 heterocycles. The Morgan fingerprint density at radius 1 is 1.32 bits per heavy atom. The van der Waals surface area contributed by atoms with Crippen LogP contribution in [-0.2, 0) is 4.74 Å². The first kappa shape index (κ1) is 17.1. The van der Waals surface area contributed by atoms with Crippen LogP contribution < -0.4 is 0 Å². The normalized spacial score (nSPS) is 18.5. The van der Waals surface area contributed by atoms with Gasteiger partial charge in [0.25, 0.3) is 0 Å². The molecule has 1 aromatic rings. The van der Waals surface area contributed by atoms with Crippen molar-refractivity contribution >= 4 is 5.78 Å². The summed E-state index contributed by atoms with van der Waals surface area (Å²) in [7, 11) is 0. The van der Waals surface area contributed by atoms with Gasteiger partial charge in [-0.25, -0.2) is 0 Å². The van der Waals surface area contributed by atoms with E-state index in [1.807, 2.05) is 18.2 Å². The van der Waals surface area contributed by atoms with Crippen molar-refractivity contribution in [2.75, 3.05) is 26.2 Å². The molecule has 0 aliphatic carbocycles. The van der Waals surface area contributed by atoms with Gasteiger partial charge in [0.05, 0.1) is 12.7 Å². The summed E-state index contributed by atoms with van der Waals surface area (Å²) < 4.78 is 5.61. The molecule has 4 nitrogen and oxygen atoms in total. The number of carbonyl (C=O) groups is 1. The summed E-state index contributed by atoms with van der Waals surface area (Å²) in [5.41, 5.74) is 0.600. The molecular weight excluding hydrogens is 276 g/mol. The second-order valence-electron chi connectivity index (χ2n) is 6.47. The Balaban J connectivity index is 1.77. The minimum absolute atomic E-state index is 0.0592. The summed E-state index contributed by atoms with van der Waals surface area (Å²) in [5.74, 6) is 0.711. The molecular formula is C18H28N2O2. The minimum atomic E-state index is 0.0592. The van der Waals surface area contributed by atoms with E-state index in [1.54, 1.807) is 6.20 Å². The smallest absolute Gasteiger partial charge is 0.184 e. The van der Waals surface area contributed by atoms with E-state index in [0.29, 0.717) is 17.7 Å². The van der Waals surface area contributed by atoms with Gasteiger partial charge in [0.15, 0.2) is 5.78 Å². The van der Waals surface area contributed by atoms with Crippen LogP contribution in [0.25, 0.3) is 0 Å². The maximum Gasteiger partial charge on any atom is 0.184 e. The van der Waals surface area contributed by atoms with Crippen molar-refractivity contribution in [3.63, 3.8) is 0 Å². The van der Waals surface area contributed by atoms with Crippen LogP contribution in [0, 0.1) is 11.8 Å². The number of Topliss-reactive ketones (excluding diaryl/α,β-unsaturated/α-hetero) is 1. The Hall–Kier alpha value is -1.26. The third kappa shape index (κ3) is 4.89. The van der Waals surface area contributed by atoms with Gasteiger partial charge in [-0.05, 0) is 57.8 Å². The van der Waals surface area contributed by atoms with E-state index in [1.165, 1.54) is 0 Å². The summed E-state index contributed by atoms with van der Waals surface area (Å²) in [6.07, 6.45) is 4.16. The van der Waals surface area contributed by atoms with Crippen LogP contribution in [0.3, 0.4) is 0 Å². The second-order valence-corrected chi connectivity index (χ2v) is 6.47. The van der Waals surface area contributed by atoms with Gasteiger partial charge < -0.3 is 9.64 Å². The topological polar surface area (TPSA) is 42.4 Å². The summed E-state index contributed by atoms with van der Waals surface area (Å²) in [6.45, 7) is 10.1. The highest BCUT2D eigenvalue weighted by Gasteiger charge is 2.29. The van der Waals surface area contributed by atoms with Gasteiger partial charge in [-0.15, -0.1) is 0 Å². The molecule has 0 bridgehead atoms. The van der Waals surface area contributed by atoms with E-state index in [0.717, 1.165) is 39.1 Å². The Morgan fingerprint density at radius 3 is 2.64 bits per heavy atom. The Morgan fingerprint density at radius 2 is 2.05 bits per heavy atom. The molecule has 0 unspecified atom stereocenters. The van der Waals surface area contributed by atoms with Crippen LogP contribution >= 0.6 is 0 Å². The number of hydrogen-bond acceptors (Lipinski definition) is 4. The first-order valence-corrected chi connectivity index (χ1v) is 8.37. The molecule has 0 radical (unpaired) electrons. The number of likely N-dealkylation sites (tertiary alicyclic amines) is 1. The number of aromatic nitrogens is 1. The molecule has 1 aromatic heterocycles. The lowest BCUT2D eigenvalue weighted by atomic mass is 9.82. The minimum Gasteiger partial charge on any atom is -0.377 e. The molecule has 1 saturated heterocycles. The summed E-state index contributed by atoms with van der Waals surface area (Å²) in [6, 6.07) is 5.54. The van der Waals surface area contributed by atoms with Crippen LogP contribution in [0.15, 0.2) is 24.4 Å². The standard InChI is InChI=1S/C18H28N2O2/c1-14(2)22-13-12-20-10-7-16(8-11-20)15(3)18(21)17-6-4-5-9-19-17/h4-6,9,14-16H,7-8,10-13H2,1-3H3/t15-/m0/s1. The lowest BCUT2D eigenvalue weighted by molar-refractivity contribution is 0.0465. The highest BCUT2D eigenvalue weighted by atomic mass is 16.5. The van der Waals surface area contributed by atoms with Crippen molar-refractivity contribution < 1.29 is 9.53 Å². The fourth-order valence-electron chi connectivity index (χ4n) is 3.05. The Labute approximate surface area is 133 Å². The zero-order valence-electron chi connectivity index (χ0n) is 14.0. The molecule has 0 spiro atoms. The van der Waals surface area contributed by atoms with Crippen molar-refractivity contribution in [3.05, 3.63) is 30.1 Å². The molecule has 1 fully saturated rings. The SMILES string of the molecule is CC(C)OCCN1CCC([C@H](C)C(=O)c2ccccn2)CC1. The van der Waals surface area contributed by atoms with Crippen LogP contribution in [0.1, 0.15) is 44.1 Å².